The van der Waals surface area contributed by atoms with Gasteiger partial charge in [0.1, 0.15) is 0 Å². The second kappa shape index (κ2) is 4.81. The van der Waals surface area contributed by atoms with E-state index < -0.39 is 0 Å². The standard InChI is InChI=1S/C4H10OS2/c1-4(2)7-6-3-5/h4-5H,3H2,1-2H3. The molecule has 0 saturated carbocycles. The zero-order chi connectivity index (χ0) is 5.70. The lowest BCUT2D eigenvalue weighted by Crippen LogP contribution is -1.81. The fourth-order valence-corrected chi connectivity index (χ4v) is 1.50. The Bertz CT molecular complexity index is 38.7. The van der Waals surface area contributed by atoms with E-state index in [1.54, 1.807) is 10.8 Å². The molecule has 0 rings (SSSR count). The van der Waals surface area contributed by atoms with Crippen molar-refractivity contribution < 1.29 is 5.11 Å². The molecule has 0 aliphatic heterocycles. The van der Waals surface area contributed by atoms with Gasteiger partial charge < -0.3 is 5.11 Å². The van der Waals surface area contributed by atoms with Gasteiger partial charge in [-0.1, -0.05) is 35.4 Å². The summed E-state index contributed by atoms with van der Waals surface area (Å²) in [7, 11) is 3.19. The maximum Gasteiger partial charge on any atom is 0.0987 e. The summed E-state index contributed by atoms with van der Waals surface area (Å²) in [6, 6.07) is 0. The minimum Gasteiger partial charge on any atom is -0.385 e. The van der Waals surface area contributed by atoms with Crippen LogP contribution in [0.3, 0.4) is 0 Å². The van der Waals surface area contributed by atoms with E-state index in [4.69, 9.17) is 5.11 Å². The molecular weight excluding hydrogens is 128 g/mol. The van der Waals surface area contributed by atoms with E-state index >= 15 is 0 Å². The maximum atomic E-state index is 8.26. The van der Waals surface area contributed by atoms with E-state index in [9.17, 15) is 0 Å². The van der Waals surface area contributed by atoms with Crippen LogP contribution in [0.1, 0.15) is 13.8 Å². The average Bonchev–Trinajstić information content (AvgIpc) is 1.61. The Labute approximate surface area is 52.3 Å². The third kappa shape index (κ3) is 6.66. The summed E-state index contributed by atoms with van der Waals surface area (Å²) in [6.45, 7) is 4.21. The SMILES string of the molecule is CC(C)SSCO. The lowest BCUT2D eigenvalue weighted by molar-refractivity contribution is 0.376. The predicted octanol–water partition coefficient (Wildman–Crippen LogP) is 1.73. The predicted molar refractivity (Wildman–Crippen MR) is 37.4 cm³/mol. The van der Waals surface area contributed by atoms with Crippen molar-refractivity contribution in [3.63, 3.8) is 0 Å². The van der Waals surface area contributed by atoms with Crippen LogP contribution in [0.25, 0.3) is 0 Å². The zero-order valence-corrected chi connectivity index (χ0v) is 6.18. The van der Waals surface area contributed by atoms with Crippen molar-refractivity contribution >= 4 is 21.6 Å². The smallest absolute Gasteiger partial charge is 0.0987 e. The third-order valence-electron chi connectivity index (χ3n) is 0.313. The molecule has 0 fully saturated rings. The molecular formula is C4H10OS2. The molecule has 0 aliphatic carbocycles. The highest BCUT2D eigenvalue weighted by Crippen LogP contribution is 2.24. The highest BCUT2D eigenvalue weighted by Gasteiger charge is 1.90. The van der Waals surface area contributed by atoms with Gasteiger partial charge in [0.25, 0.3) is 0 Å². The minimum absolute atomic E-state index is 0.225. The highest BCUT2D eigenvalue weighted by molar-refractivity contribution is 8.76. The van der Waals surface area contributed by atoms with Crippen LogP contribution in [-0.2, 0) is 0 Å². The van der Waals surface area contributed by atoms with Gasteiger partial charge in [0.2, 0.25) is 0 Å². The van der Waals surface area contributed by atoms with Crippen molar-refractivity contribution in [2.24, 2.45) is 0 Å². The largest absolute Gasteiger partial charge is 0.385 e. The van der Waals surface area contributed by atoms with Crippen LogP contribution < -0.4 is 0 Å². The van der Waals surface area contributed by atoms with Crippen LogP contribution in [-0.4, -0.2) is 16.3 Å². The summed E-state index contributed by atoms with van der Waals surface area (Å²) in [5.74, 6) is 0.225. The van der Waals surface area contributed by atoms with Crippen molar-refractivity contribution in [2.45, 2.75) is 19.1 Å². The molecule has 0 spiro atoms. The first-order chi connectivity index (χ1) is 3.27. The van der Waals surface area contributed by atoms with Crippen molar-refractivity contribution in [3.05, 3.63) is 0 Å². The molecule has 1 nitrogen and oxygen atoms in total. The van der Waals surface area contributed by atoms with Crippen LogP contribution in [0, 0.1) is 0 Å². The van der Waals surface area contributed by atoms with Gasteiger partial charge >= 0.3 is 0 Å². The Balaban J connectivity index is 2.68. The Kier molecular flexibility index (Phi) is 5.26. The van der Waals surface area contributed by atoms with Crippen molar-refractivity contribution in [1.29, 1.82) is 0 Å². The van der Waals surface area contributed by atoms with Crippen molar-refractivity contribution in [3.8, 4) is 0 Å². The van der Waals surface area contributed by atoms with Gasteiger partial charge in [-0.2, -0.15) is 0 Å². The van der Waals surface area contributed by atoms with Gasteiger partial charge in [-0.05, 0) is 0 Å². The van der Waals surface area contributed by atoms with Gasteiger partial charge in [-0.3, -0.25) is 0 Å². The second-order valence-electron chi connectivity index (χ2n) is 1.39. The van der Waals surface area contributed by atoms with Crippen LogP contribution >= 0.6 is 21.6 Å². The first-order valence-corrected chi connectivity index (χ1v) is 4.54. The summed E-state index contributed by atoms with van der Waals surface area (Å²) >= 11 is 0. The molecule has 0 amide bonds. The monoisotopic (exact) mass is 138 g/mol. The number of hydrogen-bond donors (Lipinski definition) is 1. The Morgan fingerprint density at radius 3 is 2.29 bits per heavy atom. The quantitative estimate of drug-likeness (QED) is 0.474. The Morgan fingerprint density at radius 2 is 2.14 bits per heavy atom. The molecule has 0 aromatic carbocycles. The van der Waals surface area contributed by atoms with Crippen molar-refractivity contribution in [1.82, 2.24) is 0 Å². The number of hydrogen-bond acceptors (Lipinski definition) is 3. The molecule has 7 heavy (non-hydrogen) atoms. The first kappa shape index (κ1) is 7.66. The average molecular weight is 138 g/mol. The lowest BCUT2D eigenvalue weighted by Gasteiger charge is -1.97. The van der Waals surface area contributed by atoms with Gasteiger partial charge in [-0.15, -0.1) is 0 Å². The Morgan fingerprint density at radius 1 is 1.57 bits per heavy atom. The molecule has 0 aromatic rings. The van der Waals surface area contributed by atoms with E-state index in [0.717, 1.165) is 0 Å². The molecule has 0 atom stereocenters. The molecule has 44 valence electrons. The normalized spacial score (nSPS) is 10.3. The fraction of sp³-hybridized carbons (Fsp3) is 1.00. The van der Waals surface area contributed by atoms with Gasteiger partial charge in [-0.25, -0.2) is 0 Å². The Hall–Kier alpha value is 0.660. The molecule has 0 aromatic heterocycles. The lowest BCUT2D eigenvalue weighted by atomic mass is 10.6. The molecule has 0 radical (unpaired) electrons. The summed E-state index contributed by atoms with van der Waals surface area (Å²) in [6.07, 6.45) is 0. The zero-order valence-electron chi connectivity index (χ0n) is 4.55. The van der Waals surface area contributed by atoms with Crippen LogP contribution in [0.4, 0.5) is 0 Å². The molecule has 0 heterocycles. The summed E-state index contributed by atoms with van der Waals surface area (Å²) in [4.78, 5) is 0. The second-order valence-corrected chi connectivity index (χ2v) is 4.31. The summed E-state index contributed by atoms with van der Waals surface area (Å²) in [5, 5.41) is 8.88. The van der Waals surface area contributed by atoms with Crippen LogP contribution in [0.5, 0.6) is 0 Å². The molecule has 0 bridgehead atoms. The van der Waals surface area contributed by atoms with Crippen molar-refractivity contribution in [2.75, 3.05) is 5.94 Å². The first-order valence-electron chi connectivity index (χ1n) is 2.16. The van der Waals surface area contributed by atoms with Gasteiger partial charge in [0.05, 0.1) is 5.94 Å². The molecule has 1 N–H and O–H groups in total. The van der Waals surface area contributed by atoms with Gasteiger partial charge in [0.15, 0.2) is 0 Å². The third-order valence-corrected chi connectivity index (χ3v) is 2.82. The molecule has 0 saturated heterocycles. The number of aliphatic hydroxyl groups is 1. The van der Waals surface area contributed by atoms with E-state index in [2.05, 4.69) is 13.8 Å². The van der Waals surface area contributed by atoms with E-state index in [1.807, 2.05) is 0 Å². The minimum atomic E-state index is 0.225. The van der Waals surface area contributed by atoms with Crippen LogP contribution in [0.15, 0.2) is 0 Å². The number of aliphatic hydroxyl groups excluding tert-OH is 1. The topological polar surface area (TPSA) is 20.2 Å². The number of rotatable bonds is 3. The summed E-state index contributed by atoms with van der Waals surface area (Å²) < 4.78 is 0. The van der Waals surface area contributed by atoms with Gasteiger partial charge in [0, 0.05) is 5.25 Å². The van der Waals surface area contributed by atoms with E-state index in [0.29, 0.717) is 5.25 Å². The molecule has 3 heteroatoms. The highest BCUT2D eigenvalue weighted by atomic mass is 33.1. The maximum absolute atomic E-state index is 8.26. The van der Waals surface area contributed by atoms with E-state index in [-0.39, 0.29) is 5.94 Å². The van der Waals surface area contributed by atoms with E-state index in [1.165, 1.54) is 10.8 Å². The fourth-order valence-electron chi connectivity index (χ4n) is 0.167. The summed E-state index contributed by atoms with van der Waals surface area (Å²) in [5.41, 5.74) is 0. The van der Waals surface area contributed by atoms with Crippen LogP contribution in [0.2, 0.25) is 0 Å². The molecule has 0 aliphatic rings. The molecule has 0 unspecified atom stereocenters.